The van der Waals surface area contributed by atoms with E-state index in [-0.39, 0.29) is 16.6 Å². The fourth-order valence-corrected chi connectivity index (χ4v) is 3.13. The smallest absolute Gasteiger partial charge is 0.0715 e. The first-order valence-corrected chi connectivity index (χ1v) is 8.81. The van der Waals surface area contributed by atoms with Crippen LogP contribution in [0.25, 0.3) is 0 Å². The quantitative estimate of drug-likeness (QED) is 0.489. The minimum Gasteiger partial charge on any atom is -0.375 e. The van der Waals surface area contributed by atoms with Crippen LogP contribution in [0.1, 0.15) is 87.5 Å². The van der Waals surface area contributed by atoms with Crippen LogP contribution in [0.2, 0.25) is 0 Å². The Morgan fingerprint density at radius 1 is 1.00 bits per heavy atom. The molecule has 2 atom stereocenters. The van der Waals surface area contributed by atoms with Crippen LogP contribution in [0, 0.1) is 10.8 Å². The fraction of sp³-hybridized carbons (Fsp3) is 1.00. The van der Waals surface area contributed by atoms with E-state index in [1.807, 2.05) is 0 Å². The van der Waals surface area contributed by atoms with Crippen LogP contribution in [-0.4, -0.2) is 24.4 Å². The van der Waals surface area contributed by atoms with Gasteiger partial charge in [0.15, 0.2) is 0 Å². The molecule has 0 saturated heterocycles. The molecule has 2 unspecified atom stereocenters. The molecule has 0 aromatic carbocycles. The minimum atomic E-state index is -0.0814. The second-order valence-corrected chi connectivity index (χ2v) is 8.52. The average molecular weight is 299 g/mol. The van der Waals surface area contributed by atoms with Crippen molar-refractivity contribution in [2.45, 2.75) is 98.7 Å². The molecule has 1 rings (SSSR count). The third kappa shape index (κ3) is 4.22. The fourth-order valence-electron chi connectivity index (χ4n) is 3.13. The van der Waals surface area contributed by atoms with Crippen molar-refractivity contribution >= 4 is 0 Å². The maximum Gasteiger partial charge on any atom is 0.0715 e. The third-order valence-electron chi connectivity index (χ3n) is 6.37. The van der Waals surface area contributed by atoms with Crippen LogP contribution in [0.5, 0.6) is 0 Å². The summed E-state index contributed by atoms with van der Waals surface area (Å²) in [5.74, 6) is 0. The third-order valence-corrected chi connectivity index (χ3v) is 6.37. The number of hydrogen-bond donors (Lipinski definition) is 0. The molecule has 0 bridgehead atoms. The van der Waals surface area contributed by atoms with Crippen molar-refractivity contribution in [3.63, 3.8) is 0 Å². The molecule has 0 radical (unpaired) electrons. The second kappa shape index (κ2) is 6.58. The molecule has 0 aromatic rings. The average Bonchev–Trinajstić information content (AvgIpc) is 2.90. The molecule has 0 aromatic heterocycles. The topological polar surface area (TPSA) is 18.5 Å². The van der Waals surface area contributed by atoms with E-state index in [1.54, 1.807) is 0 Å². The van der Waals surface area contributed by atoms with Gasteiger partial charge in [-0.1, -0.05) is 41.0 Å². The summed E-state index contributed by atoms with van der Waals surface area (Å²) in [4.78, 5) is 0. The summed E-state index contributed by atoms with van der Waals surface area (Å²) in [6.07, 6.45) is 5.85. The number of hydrogen-bond acceptors (Lipinski definition) is 2. The first-order chi connectivity index (χ1) is 9.54. The zero-order valence-electron chi connectivity index (χ0n) is 15.8. The lowest BCUT2D eigenvalue weighted by Crippen LogP contribution is -2.41. The number of ether oxygens (including phenoxy) is 2. The molecule has 1 fully saturated rings. The first-order valence-electron chi connectivity index (χ1n) is 8.81. The normalized spacial score (nSPS) is 29.7. The van der Waals surface area contributed by atoms with Gasteiger partial charge >= 0.3 is 0 Å². The van der Waals surface area contributed by atoms with Crippen LogP contribution >= 0.6 is 0 Å². The summed E-state index contributed by atoms with van der Waals surface area (Å²) in [7, 11) is 0. The predicted molar refractivity (Wildman–Crippen MR) is 90.7 cm³/mol. The van der Waals surface area contributed by atoms with Crippen LogP contribution in [0.4, 0.5) is 0 Å². The van der Waals surface area contributed by atoms with Gasteiger partial charge in [-0.25, -0.2) is 0 Å². The van der Waals surface area contributed by atoms with Crippen LogP contribution in [0.3, 0.4) is 0 Å². The van der Waals surface area contributed by atoms with Crippen molar-refractivity contribution in [2.24, 2.45) is 10.8 Å². The van der Waals surface area contributed by atoms with Gasteiger partial charge in [0.05, 0.1) is 11.2 Å². The number of rotatable bonds is 10. The van der Waals surface area contributed by atoms with Crippen LogP contribution < -0.4 is 0 Å². The van der Waals surface area contributed by atoms with Crippen molar-refractivity contribution in [1.82, 2.24) is 0 Å². The highest BCUT2D eigenvalue weighted by Crippen LogP contribution is 2.61. The van der Waals surface area contributed by atoms with Gasteiger partial charge in [-0.3, -0.25) is 0 Å². The molecular weight excluding hydrogens is 260 g/mol. The van der Waals surface area contributed by atoms with Gasteiger partial charge in [0.25, 0.3) is 0 Å². The molecule has 21 heavy (non-hydrogen) atoms. The predicted octanol–water partition coefficient (Wildman–Crippen LogP) is 5.59. The molecular formula is C19H38O2. The largest absolute Gasteiger partial charge is 0.375 e. The highest BCUT2D eigenvalue weighted by molar-refractivity contribution is 5.11. The van der Waals surface area contributed by atoms with E-state index in [2.05, 4.69) is 55.4 Å². The Balaban J connectivity index is 2.25. The Kier molecular flexibility index (Phi) is 5.94. The molecule has 0 N–H and O–H groups in total. The van der Waals surface area contributed by atoms with Gasteiger partial charge in [0.1, 0.15) is 0 Å². The molecule has 1 saturated carbocycles. The van der Waals surface area contributed by atoms with Gasteiger partial charge < -0.3 is 9.47 Å². The van der Waals surface area contributed by atoms with Crippen molar-refractivity contribution < 1.29 is 9.47 Å². The van der Waals surface area contributed by atoms with Gasteiger partial charge in [-0.05, 0) is 57.3 Å². The molecule has 126 valence electrons. The van der Waals surface area contributed by atoms with Gasteiger partial charge in [0.2, 0.25) is 0 Å². The summed E-state index contributed by atoms with van der Waals surface area (Å²) in [6.45, 7) is 19.7. The molecule has 0 spiro atoms. The summed E-state index contributed by atoms with van der Waals surface area (Å²) in [6, 6.07) is 0. The Morgan fingerprint density at radius 3 is 2.14 bits per heavy atom. The molecule has 2 heteroatoms. The lowest BCUT2D eigenvalue weighted by molar-refractivity contribution is -0.106. The summed E-state index contributed by atoms with van der Waals surface area (Å²) in [5, 5.41) is 0. The van der Waals surface area contributed by atoms with E-state index in [0.29, 0.717) is 5.41 Å². The Morgan fingerprint density at radius 2 is 1.62 bits per heavy atom. The SMILES string of the molecule is CCCC1(C)CC1(C)OCCCOC(C)(C)C(C)(C)CC. The highest BCUT2D eigenvalue weighted by atomic mass is 16.5. The van der Waals surface area contributed by atoms with Crippen molar-refractivity contribution in [2.75, 3.05) is 13.2 Å². The van der Waals surface area contributed by atoms with E-state index in [1.165, 1.54) is 19.3 Å². The minimum absolute atomic E-state index is 0.0814. The van der Waals surface area contributed by atoms with Gasteiger partial charge in [-0.15, -0.1) is 0 Å². The summed E-state index contributed by atoms with van der Waals surface area (Å²) in [5.41, 5.74) is 0.644. The molecule has 2 nitrogen and oxygen atoms in total. The maximum atomic E-state index is 6.16. The lowest BCUT2D eigenvalue weighted by Gasteiger charge is -2.41. The van der Waals surface area contributed by atoms with Crippen LogP contribution in [0.15, 0.2) is 0 Å². The lowest BCUT2D eigenvalue weighted by atomic mass is 9.75. The van der Waals surface area contributed by atoms with E-state index in [4.69, 9.17) is 9.47 Å². The van der Waals surface area contributed by atoms with Crippen molar-refractivity contribution in [3.8, 4) is 0 Å². The van der Waals surface area contributed by atoms with E-state index < -0.39 is 0 Å². The van der Waals surface area contributed by atoms with Gasteiger partial charge in [-0.2, -0.15) is 0 Å². The molecule has 1 aliphatic rings. The van der Waals surface area contributed by atoms with E-state index >= 15 is 0 Å². The zero-order chi connectivity index (χ0) is 16.4. The maximum absolute atomic E-state index is 6.16. The van der Waals surface area contributed by atoms with Crippen LogP contribution in [-0.2, 0) is 9.47 Å². The Labute approximate surface area is 133 Å². The Bertz CT molecular complexity index is 334. The molecule has 0 aliphatic heterocycles. The molecule has 0 amide bonds. The standard InChI is InChI=1S/C19H38O2/c1-9-12-18(7)15-19(18,8)21-14-11-13-20-17(5,6)16(3,4)10-2/h9-15H2,1-8H3. The zero-order valence-corrected chi connectivity index (χ0v) is 15.8. The Hall–Kier alpha value is -0.0800. The van der Waals surface area contributed by atoms with E-state index in [0.717, 1.165) is 26.1 Å². The van der Waals surface area contributed by atoms with Gasteiger partial charge in [0, 0.05) is 13.2 Å². The monoisotopic (exact) mass is 298 g/mol. The molecule has 0 heterocycles. The molecule has 1 aliphatic carbocycles. The van der Waals surface area contributed by atoms with E-state index in [9.17, 15) is 0 Å². The summed E-state index contributed by atoms with van der Waals surface area (Å²) < 4.78 is 12.3. The first kappa shape index (κ1) is 19.0. The second-order valence-electron chi connectivity index (χ2n) is 8.52. The van der Waals surface area contributed by atoms with Crippen molar-refractivity contribution in [3.05, 3.63) is 0 Å². The van der Waals surface area contributed by atoms with Crippen molar-refractivity contribution in [1.29, 1.82) is 0 Å². The summed E-state index contributed by atoms with van der Waals surface area (Å²) >= 11 is 0. The highest BCUT2D eigenvalue weighted by Gasteiger charge is 2.61.